The van der Waals surface area contributed by atoms with Gasteiger partial charge in [0.1, 0.15) is 11.4 Å². The molecule has 0 saturated carbocycles. The average Bonchev–Trinajstić information content (AvgIpc) is 3.44. The van der Waals surface area contributed by atoms with Gasteiger partial charge in [-0.25, -0.2) is 0 Å². The number of nitrogens with zero attached hydrogens (tertiary/aromatic N) is 1. The Morgan fingerprint density at radius 3 is 2.67 bits per heavy atom. The van der Waals surface area contributed by atoms with E-state index in [0.29, 0.717) is 15.8 Å². The van der Waals surface area contributed by atoms with Crippen molar-refractivity contribution in [1.82, 2.24) is 10.2 Å². The molecule has 0 spiro atoms. The molecule has 2 aromatic rings. The summed E-state index contributed by atoms with van der Waals surface area (Å²) in [5.74, 6) is -1.84. The molecule has 1 N–H and O–H groups in total. The Kier molecular flexibility index (Phi) is 5.64. The fourth-order valence-corrected chi connectivity index (χ4v) is 5.17. The molecular weight excluding hydrogens is 467 g/mol. The van der Waals surface area contributed by atoms with Gasteiger partial charge < -0.3 is 14.8 Å². The van der Waals surface area contributed by atoms with Gasteiger partial charge >= 0.3 is 0 Å². The number of carbonyl (C=O) groups excluding carboxylic acids is 3. The normalized spacial score (nSPS) is 27.2. The molecule has 0 aliphatic carbocycles. The van der Waals surface area contributed by atoms with E-state index in [2.05, 4.69) is 5.32 Å². The quantitative estimate of drug-likeness (QED) is 0.480. The Morgan fingerprint density at radius 1 is 1.12 bits per heavy atom. The Labute approximate surface area is 200 Å². The minimum absolute atomic E-state index is 0.0515. The molecular formula is C24H20Cl2N2O5. The van der Waals surface area contributed by atoms with Crippen LogP contribution < -0.4 is 10.1 Å². The summed E-state index contributed by atoms with van der Waals surface area (Å²) in [4.78, 5) is 40.0. The highest BCUT2D eigenvalue weighted by molar-refractivity contribution is 6.35. The summed E-state index contributed by atoms with van der Waals surface area (Å²) in [6.45, 7) is -0.00204. The van der Waals surface area contributed by atoms with E-state index in [-0.39, 0.29) is 31.5 Å². The van der Waals surface area contributed by atoms with Gasteiger partial charge in [-0.05, 0) is 23.8 Å². The molecule has 170 valence electrons. The number of halogens is 2. The molecule has 2 bridgehead atoms. The molecule has 9 heteroatoms. The van der Waals surface area contributed by atoms with Crippen LogP contribution in [0.5, 0.6) is 5.75 Å². The fourth-order valence-electron chi connectivity index (χ4n) is 4.71. The van der Waals surface area contributed by atoms with Gasteiger partial charge in [0.15, 0.2) is 6.61 Å². The number of fused-ring (bicyclic) bond motifs is 5. The van der Waals surface area contributed by atoms with Gasteiger partial charge in [-0.15, -0.1) is 0 Å². The van der Waals surface area contributed by atoms with Crippen LogP contribution in [-0.2, 0) is 25.7 Å². The molecule has 3 amide bonds. The van der Waals surface area contributed by atoms with Crippen molar-refractivity contribution in [1.29, 1.82) is 0 Å². The number of likely N-dealkylation sites (tertiary alicyclic amines) is 1. The number of carbonyl (C=O) groups is 3. The monoisotopic (exact) mass is 486 g/mol. The van der Waals surface area contributed by atoms with Crippen molar-refractivity contribution in [3.63, 3.8) is 0 Å². The minimum Gasteiger partial charge on any atom is -0.482 e. The molecule has 3 aliphatic heterocycles. The summed E-state index contributed by atoms with van der Waals surface area (Å²) in [6.07, 6.45) is 3.11. The lowest BCUT2D eigenvalue weighted by atomic mass is 9.77. The highest BCUT2D eigenvalue weighted by atomic mass is 35.5. The van der Waals surface area contributed by atoms with E-state index in [0.717, 1.165) is 5.56 Å². The van der Waals surface area contributed by atoms with E-state index in [1.54, 1.807) is 24.3 Å². The first kappa shape index (κ1) is 21.9. The molecule has 7 nitrogen and oxygen atoms in total. The maximum absolute atomic E-state index is 13.2. The van der Waals surface area contributed by atoms with Crippen molar-refractivity contribution in [2.75, 3.05) is 13.2 Å². The standard InChI is InChI=1S/C24H20Cl2N2O5/c25-15-6-7-17(16(26)10-15)32-12-19(29)27-13-24-9-8-18(33-24)20-21(24)23(31)28(22(20)30)11-14-4-2-1-3-5-14/h1-10,18,20-21H,11-13H2,(H,27,29)/t18-,20-,21+,24-/m0/s1. The maximum Gasteiger partial charge on any atom is 0.258 e. The smallest absolute Gasteiger partial charge is 0.258 e. The SMILES string of the molecule is O=C(COc1ccc(Cl)cc1Cl)NC[C@]12C=C[C@H](O1)[C@@H]1C(=O)N(Cc3ccccc3)C(=O)[C@@H]12. The maximum atomic E-state index is 13.2. The third-order valence-electron chi connectivity index (χ3n) is 6.24. The Balaban J connectivity index is 1.24. The number of amides is 3. The summed E-state index contributed by atoms with van der Waals surface area (Å²) in [6, 6.07) is 14.1. The van der Waals surface area contributed by atoms with Gasteiger partial charge in [-0.1, -0.05) is 65.7 Å². The van der Waals surface area contributed by atoms with Crippen molar-refractivity contribution >= 4 is 40.9 Å². The first-order valence-electron chi connectivity index (χ1n) is 10.5. The molecule has 2 saturated heterocycles. The van der Waals surface area contributed by atoms with Crippen LogP contribution in [0, 0.1) is 11.8 Å². The second kappa shape index (κ2) is 8.48. The van der Waals surface area contributed by atoms with Crippen LogP contribution in [0.4, 0.5) is 0 Å². The first-order chi connectivity index (χ1) is 15.9. The number of hydrogen-bond donors (Lipinski definition) is 1. The lowest BCUT2D eigenvalue weighted by molar-refractivity contribution is -0.145. The van der Waals surface area contributed by atoms with Crippen molar-refractivity contribution in [2.45, 2.75) is 18.2 Å². The Hall–Kier alpha value is -2.87. The van der Waals surface area contributed by atoms with Gasteiger partial charge in [-0.2, -0.15) is 0 Å². The summed E-state index contributed by atoms with van der Waals surface area (Å²) in [7, 11) is 0. The number of benzene rings is 2. The van der Waals surface area contributed by atoms with Crippen LogP contribution in [0.1, 0.15) is 5.56 Å². The molecule has 0 unspecified atom stereocenters. The predicted octanol–water partition coefficient (Wildman–Crippen LogP) is 3.00. The third kappa shape index (κ3) is 3.90. The van der Waals surface area contributed by atoms with Crippen LogP contribution in [0.25, 0.3) is 0 Å². The largest absolute Gasteiger partial charge is 0.482 e. The van der Waals surface area contributed by atoms with Crippen LogP contribution in [-0.4, -0.2) is 47.5 Å². The van der Waals surface area contributed by atoms with Gasteiger partial charge in [0.25, 0.3) is 5.91 Å². The van der Waals surface area contributed by atoms with Gasteiger partial charge in [0.2, 0.25) is 11.8 Å². The zero-order chi connectivity index (χ0) is 23.2. The van der Waals surface area contributed by atoms with Crippen molar-refractivity contribution in [3.8, 4) is 5.75 Å². The molecule has 3 aliphatic rings. The van der Waals surface area contributed by atoms with Crippen molar-refractivity contribution in [3.05, 3.63) is 76.3 Å². The number of imide groups is 1. The highest BCUT2D eigenvalue weighted by Crippen LogP contribution is 2.51. The van der Waals surface area contributed by atoms with E-state index < -0.39 is 29.4 Å². The highest BCUT2D eigenvalue weighted by Gasteiger charge is 2.67. The zero-order valence-electron chi connectivity index (χ0n) is 17.4. The third-order valence-corrected chi connectivity index (χ3v) is 6.77. The summed E-state index contributed by atoms with van der Waals surface area (Å²) in [5, 5.41) is 3.52. The predicted molar refractivity (Wildman–Crippen MR) is 121 cm³/mol. The Bertz CT molecular complexity index is 1150. The summed E-state index contributed by atoms with van der Waals surface area (Å²) in [5.41, 5.74) is -0.179. The number of hydrogen-bond acceptors (Lipinski definition) is 5. The van der Waals surface area contributed by atoms with Gasteiger partial charge in [0, 0.05) is 5.02 Å². The van der Waals surface area contributed by atoms with Gasteiger partial charge in [-0.3, -0.25) is 19.3 Å². The molecule has 5 rings (SSSR count). The fraction of sp³-hybridized carbons (Fsp3) is 0.292. The molecule has 33 heavy (non-hydrogen) atoms. The van der Waals surface area contributed by atoms with E-state index in [4.69, 9.17) is 32.7 Å². The topological polar surface area (TPSA) is 84.9 Å². The summed E-state index contributed by atoms with van der Waals surface area (Å²) < 4.78 is 11.5. The molecule has 0 aromatic heterocycles. The molecule has 2 fully saturated rings. The molecule has 0 radical (unpaired) electrons. The molecule has 2 aromatic carbocycles. The van der Waals surface area contributed by atoms with Gasteiger partial charge in [0.05, 0.1) is 36.1 Å². The minimum atomic E-state index is -1.05. The first-order valence-corrected chi connectivity index (χ1v) is 11.2. The van der Waals surface area contributed by atoms with Crippen LogP contribution >= 0.6 is 23.2 Å². The van der Waals surface area contributed by atoms with Crippen LogP contribution in [0.2, 0.25) is 10.0 Å². The molecule has 4 atom stereocenters. The zero-order valence-corrected chi connectivity index (χ0v) is 18.9. The lowest BCUT2D eigenvalue weighted by Gasteiger charge is -2.29. The van der Waals surface area contributed by atoms with E-state index >= 15 is 0 Å². The number of rotatable bonds is 7. The average molecular weight is 487 g/mol. The number of ether oxygens (including phenoxy) is 2. The summed E-state index contributed by atoms with van der Waals surface area (Å²) >= 11 is 11.9. The van der Waals surface area contributed by atoms with E-state index in [1.807, 2.05) is 30.3 Å². The lowest BCUT2D eigenvalue weighted by Crippen LogP contribution is -2.49. The van der Waals surface area contributed by atoms with Crippen molar-refractivity contribution in [2.24, 2.45) is 11.8 Å². The van der Waals surface area contributed by atoms with Crippen molar-refractivity contribution < 1.29 is 23.9 Å². The van der Waals surface area contributed by atoms with Crippen LogP contribution in [0.15, 0.2) is 60.7 Å². The Morgan fingerprint density at radius 2 is 1.91 bits per heavy atom. The van der Waals surface area contributed by atoms with Crippen LogP contribution in [0.3, 0.4) is 0 Å². The second-order valence-electron chi connectivity index (χ2n) is 8.29. The van der Waals surface area contributed by atoms with E-state index in [1.165, 1.54) is 11.0 Å². The molecule has 3 heterocycles. The second-order valence-corrected chi connectivity index (χ2v) is 9.13. The van der Waals surface area contributed by atoms with E-state index in [9.17, 15) is 14.4 Å². The number of nitrogens with one attached hydrogen (secondary N) is 1.